The lowest BCUT2D eigenvalue weighted by atomic mass is 10.0. The predicted molar refractivity (Wildman–Crippen MR) is 74.6 cm³/mol. The molecule has 1 unspecified atom stereocenters. The van der Waals surface area contributed by atoms with Crippen molar-refractivity contribution in [2.45, 2.75) is 33.3 Å². The highest BCUT2D eigenvalue weighted by Gasteiger charge is 2.17. The van der Waals surface area contributed by atoms with Gasteiger partial charge in [-0.15, -0.1) is 0 Å². The third-order valence-corrected chi connectivity index (χ3v) is 3.30. The Labute approximate surface area is 113 Å². The molecule has 3 nitrogen and oxygen atoms in total. The number of benzene rings is 1. The van der Waals surface area contributed by atoms with Crippen LogP contribution in [0, 0.1) is 13.8 Å². The summed E-state index contributed by atoms with van der Waals surface area (Å²) in [5.41, 5.74) is 2.85. The second-order valence-electron chi connectivity index (χ2n) is 4.75. The van der Waals surface area contributed by atoms with Gasteiger partial charge in [0, 0.05) is 6.42 Å². The second-order valence-corrected chi connectivity index (χ2v) is 4.75. The largest absolute Gasteiger partial charge is 0.496 e. The summed E-state index contributed by atoms with van der Waals surface area (Å²) in [7, 11) is 1.66. The van der Waals surface area contributed by atoms with Gasteiger partial charge in [0.15, 0.2) is 0 Å². The third kappa shape index (κ3) is 2.66. The normalized spacial score (nSPS) is 12.5. The molecule has 0 bridgehead atoms. The first-order valence-corrected chi connectivity index (χ1v) is 6.48. The fourth-order valence-electron chi connectivity index (χ4n) is 2.36. The second kappa shape index (κ2) is 5.49. The smallest absolute Gasteiger partial charge is 0.137 e. The molecule has 1 aromatic carbocycles. The number of aliphatic hydroxyl groups is 1. The Hall–Kier alpha value is -1.74. The lowest BCUT2D eigenvalue weighted by molar-refractivity contribution is 0.186. The average Bonchev–Trinajstić information content (AvgIpc) is 2.86. The summed E-state index contributed by atoms with van der Waals surface area (Å²) in [6, 6.07) is 7.61. The van der Waals surface area contributed by atoms with E-state index >= 15 is 0 Å². The van der Waals surface area contributed by atoms with E-state index in [2.05, 4.69) is 0 Å². The number of hydrogen-bond acceptors (Lipinski definition) is 3. The monoisotopic (exact) mass is 260 g/mol. The maximum Gasteiger partial charge on any atom is 0.137 e. The van der Waals surface area contributed by atoms with Crippen LogP contribution in [0.1, 0.15) is 41.2 Å². The van der Waals surface area contributed by atoms with E-state index in [-0.39, 0.29) is 0 Å². The van der Waals surface area contributed by atoms with Crippen molar-refractivity contribution >= 4 is 0 Å². The van der Waals surface area contributed by atoms with Gasteiger partial charge in [-0.05, 0) is 54.8 Å². The van der Waals surface area contributed by atoms with Gasteiger partial charge < -0.3 is 14.3 Å². The predicted octanol–water partition coefficient (Wildman–Crippen LogP) is 3.55. The first-order valence-electron chi connectivity index (χ1n) is 6.48. The molecule has 0 radical (unpaired) electrons. The van der Waals surface area contributed by atoms with Crippen LogP contribution in [0.4, 0.5) is 0 Å². The molecule has 19 heavy (non-hydrogen) atoms. The fourth-order valence-corrected chi connectivity index (χ4v) is 2.36. The van der Waals surface area contributed by atoms with Crippen molar-refractivity contribution in [1.29, 1.82) is 0 Å². The molecule has 0 saturated heterocycles. The summed E-state index contributed by atoms with van der Waals surface area (Å²) in [4.78, 5) is 0. The SMILES string of the molecule is CCc1ccc(C(O)c2cc(C)c(OC)c(C)c2)o1. The summed E-state index contributed by atoms with van der Waals surface area (Å²) in [6.45, 7) is 5.97. The Bertz CT molecular complexity index is 546. The quantitative estimate of drug-likeness (QED) is 0.914. The summed E-state index contributed by atoms with van der Waals surface area (Å²) in [6.07, 6.45) is 0.0940. The Morgan fingerprint density at radius 2 is 1.84 bits per heavy atom. The Morgan fingerprint density at radius 1 is 1.21 bits per heavy atom. The van der Waals surface area contributed by atoms with Crippen molar-refractivity contribution < 1.29 is 14.3 Å². The van der Waals surface area contributed by atoms with Gasteiger partial charge in [0.25, 0.3) is 0 Å². The number of methoxy groups -OCH3 is 1. The number of aryl methyl sites for hydroxylation is 3. The fraction of sp³-hybridized carbons (Fsp3) is 0.375. The number of rotatable bonds is 4. The number of ether oxygens (including phenoxy) is 1. The minimum atomic E-state index is -0.733. The van der Waals surface area contributed by atoms with Gasteiger partial charge in [-0.1, -0.05) is 6.92 Å². The molecule has 2 rings (SSSR count). The highest BCUT2D eigenvalue weighted by molar-refractivity contribution is 5.45. The topological polar surface area (TPSA) is 42.6 Å². The van der Waals surface area contributed by atoms with Crippen molar-refractivity contribution in [3.05, 3.63) is 52.5 Å². The molecular weight excluding hydrogens is 240 g/mol. The molecule has 3 heteroatoms. The van der Waals surface area contributed by atoms with E-state index in [1.807, 2.05) is 45.0 Å². The van der Waals surface area contributed by atoms with Crippen LogP contribution in [0.5, 0.6) is 5.75 Å². The average molecular weight is 260 g/mol. The molecular formula is C16H20O3. The first kappa shape index (κ1) is 13.7. The van der Waals surface area contributed by atoms with Crippen LogP contribution in [-0.4, -0.2) is 12.2 Å². The molecule has 2 aromatic rings. The Balaban J connectivity index is 2.36. The first-order chi connectivity index (χ1) is 9.06. The number of aliphatic hydroxyl groups excluding tert-OH is 1. The van der Waals surface area contributed by atoms with E-state index < -0.39 is 6.10 Å². The molecule has 0 aliphatic heterocycles. The molecule has 0 saturated carbocycles. The van der Waals surface area contributed by atoms with E-state index in [1.54, 1.807) is 7.11 Å². The van der Waals surface area contributed by atoms with Gasteiger partial charge in [-0.25, -0.2) is 0 Å². The van der Waals surface area contributed by atoms with E-state index in [9.17, 15) is 5.11 Å². The Kier molecular flexibility index (Phi) is 3.96. The molecule has 0 aliphatic carbocycles. The zero-order chi connectivity index (χ0) is 14.0. The van der Waals surface area contributed by atoms with E-state index in [0.29, 0.717) is 5.76 Å². The van der Waals surface area contributed by atoms with E-state index in [4.69, 9.17) is 9.15 Å². The van der Waals surface area contributed by atoms with Crippen molar-refractivity contribution in [3.63, 3.8) is 0 Å². The lowest BCUT2D eigenvalue weighted by Crippen LogP contribution is -2.01. The standard InChI is InChI=1S/C16H20O3/c1-5-13-6-7-14(19-13)15(17)12-8-10(2)16(18-4)11(3)9-12/h6-9,15,17H,5H2,1-4H3. The van der Waals surface area contributed by atoms with Crippen LogP contribution in [0.15, 0.2) is 28.7 Å². The van der Waals surface area contributed by atoms with Crippen LogP contribution in [-0.2, 0) is 6.42 Å². The molecule has 102 valence electrons. The van der Waals surface area contributed by atoms with Gasteiger partial charge in [-0.3, -0.25) is 0 Å². The molecule has 0 aliphatic rings. The summed E-state index contributed by atoms with van der Waals surface area (Å²) < 4.78 is 10.9. The van der Waals surface area contributed by atoms with Crippen molar-refractivity contribution in [3.8, 4) is 5.75 Å². The maximum absolute atomic E-state index is 10.4. The van der Waals surface area contributed by atoms with Gasteiger partial charge in [0.2, 0.25) is 0 Å². The van der Waals surface area contributed by atoms with Crippen molar-refractivity contribution in [2.75, 3.05) is 7.11 Å². The molecule has 1 heterocycles. The van der Waals surface area contributed by atoms with Crippen LogP contribution >= 0.6 is 0 Å². The molecule has 1 aromatic heterocycles. The lowest BCUT2D eigenvalue weighted by Gasteiger charge is -2.14. The molecule has 0 spiro atoms. The van der Waals surface area contributed by atoms with Crippen LogP contribution in [0.2, 0.25) is 0 Å². The molecule has 1 atom stereocenters. The summed E-state index contributed by atoms with van der Waals surface area (Å²) >= 11 is 0. The van der Waals surface area contributed by atoms with Crippen LogP contribution < -0.4 is 4.74 Å². The van der Waals surface area contributed by atoms with Gasteiger partial charge >= 0.3 is 0 Å². The van der Waals surface area contributed by atoms with E-state index in [0.717, 1.165) is 34.6 Å². The Morgan fingerprint density at radius 3 is 2.32 bits per heavy atom. The number of furan rings is 1. The maximum atomic E-state index is 10.4. The zero-order valence-electron chi connectivity index (χ0n) is 11.9. The van der Waals surface area contributed by atoms with Gasteiger partial charge in [-0.2, -0.15) is 0 Å². The van der Waals surface area contributed by atoms with Crippen molar-refractivity contribution in [1.82, 2.24) is 0 Å². The highest BCUT2D eigenvalue weighted by Crippen LogP contribution is 2.30. The van der Waals surface area contributed by atoms with Gasteiger partial charge in [0.1, 0.15) is 23.4 Å². The van der Waals surface area contributed by atoms with Crippen LogP contribution in [0.25, 0.3) is 0 Å². The minimum absolute atomic E-state index is 0.584. The highest BCUT2D eigenvalue weighted by atomic mass is 16.5. The third-order valence-electron chi connectivity index (χ3n) is 3.30. The summed E-state index contributed by atoms with van der Waals surface area (Å²) in [5.74, 6) is 2.33. The van der Waals surface area contributed by atoms with Gasteiger partial charge in [0.05, 0.1) is 7.11 Å². The number of hydrogen-bond donors (Lipinski definition) is 1. The van der Waals surface area contributed by atoms with E-state index in [1.165, 1.54) is 0 Å². The summed E-state index contributed by atoms with van der Waals surface area (Å²) in [5, 5.41) is 10.4. The van der Waals surface area contributed by atoms with Crippen LogP contribution in [0.3, 0.4) is 0 Å². The molecule has 0 amide bonds. The minimum Gasteiger partial charge on any atom is -0.496 e. The molecule has 1 N–H and O–H groups in total. The molecule has 0 fully saturated rings. The van der Waals surface area contributed by atoms with Crippen molar-refractivity contribution in [2.24, 2.45) is 0 Å². The zero-order valence-corrected chi connectivity index (χ0v) is 11.9.